The Morgan fingerprint density at radius 3 is 2.54 bits per heavy atom. The molecule has 26 heavy (non-hydrogen) atoms. The van der Waals surface area contributed by atoms with E-state index in [0.29, 0.717) is 27.5 Å². The molecular weight excluding hydrogens is 346 g/mol. The molecule has 4 rings (SSSR count). The van der Waals surface area contributed by atoms with Crippen molar-refractivity contribution in [1.82, 2.24) is 15.0 Å². The van der Waals surface area contributed by atoms with Crippen molar-refractivity contribution in [3.8, 4) is 28.4 Å². The van der Waals surface area contributed by atoms with Crippen LogP contribution >= 0.6 is 12.6 Å². The maximum absolute atomic E-state index is 10.6. The number of aromatic nitrogens is 3. The van der Waals surface area contributed by atoms with Gasteiger partial charge in [0.2, 0.25) is 0 Å². The summed E-state index contributed by atoms with van der Waals surface area (Å²) in [5.74, 6) is 0.0175. The first-order chi connectivity index (χ1) is 12.5. The Morgan fingerprint density at radius 2 is 1.73 bits per heavy atom. The molecule has 0 aliphatic rings. The van der Waals surface area contributed by atoms with Gasteiger partial charge in [-0.25, -0.2) is 4.68 Å². The number of nitrogens with zero attached hydrogens (tertiary/aromatic N) is 3. The molecule has 130 valence electrons. The molecule has 5 nitrogen and oxygen atoms in total. The molecule has 0 saturated heterocycles. The average molecular weight is 363 g/mol. The van der Waals surface area contributed by atoms with Crippen LogP contribution in [0.4, 0.5) is 0 Å². The summed E-state index contributed by atoms with van der Waals surface area (Å²) in [5.41, 5.74) is 3.17. The maximum atomic E-state index is 10.6. The van der Waals surface area contributed by atoms with Gasteiger partial charge in [0.1, 0.15) is 27.9 Å². The van der Waals surface area contributed by atoms with Crippen LogP contribution < -0.4 is 0 Å². The van der Waals surface area contributed by atoms with Gasteiger partial charge >= 0.3 is 0 Å². The topological polar surface area (TPSA) is 71.2 Å². The number of benzene rings is 3. The predicted octanol–water partition coefficient (Wildman–Crippen LogP) is 4.40. The van der Waals surface area contributed by atoms with E-state index in [-0.39, 0.29) is 11.5 Å². The lowest BCUT2D eigenvalue weighted by molar-refractivity contribution is 0.439. The minimum Gasteiger partial charge on any atom is -0.508 e. The zero-order valence-corrected chi connectivity index (χ0v) is 15.2. The molecule has 0 unspecified atom stereocenters. The van der Waals surface area contributed by atoms with E-state index < -0.39 is 0 Å². The maximum Gasteiger partial charge on any atom is 0.148 e. The largest absolute Gasteiger partial charge is 0.508 e. The van der Waals surface area contributed by atoms with Gasteiger partial charge < -0.3 is 10.2 Å². The van der Waals surface area contributed by atoms with Gasteiger partial charge in [0.25, 0.3) is 0 Å². The van der Waals surface area contributed by atoms with E-state index in [1.165, 1.54) is 0 Å². The van der Waals surface area contributed by atoms with Crippen molar-refractivity contribution < 1.29 is 10.2 Å². The molecule has 0 fully saturated rings. The van der Waals surface area contributed by atoms with Crippen LogP contribution in [0.25, 0.3) is 27.7 Å². The molecular formula is C20H17N3O2S. The second-order valence-electron chi connectivity index (χ2n) is 6.23. The molecule has 4 aromatic rings. The Morgan fingerprint density at radius 1 is 1.00 bits per heavy atom. The molecule has 2 N–H and O–H groups in total. The standard InChI is InChI=1S/C20H17N3O2S/c1-11-10-16(24)12(2)19(25)17(11)23-18(20(26)21-22-23)15-9-5-7-13-6-3-4-8-14(13)15/h3-10,24-26H,1-2H3. The summed E-state index contributed by atoms with van der Waals surface area (Å²) in [6, 6.07) is 15.6. The third kappa shape index (κ3) is 2.42. The lowest BCUT2D eigenvalue weighted by Gasteiger charge is -2.15. The highest BCUT2D eigenvalue weighted by Gasteiger charge is 2.22. The minimum absolute atomic E-state index is 0.0257. The number of aromatic hydroxyl groups is 2. The molecule has 1 aromatic heterocycles. The fraction of sp³-hybridized carbons (Fsp3) is 0.100. The fourth-order valence-electron chi connectivity index (χ4n) is 3.23. The van der Waals surface area contributed by atoms with E-state index in [0.717, 1.165) is 16.3 Å². The van der Waals surface area contributed by atoms with Crippen LogP contribution in [-0.4, -0.2) is 25.2 Å². The Kier molecular flexibility index (Phi) is 3.85. The van der Waals surface area contributed by atoms with E-state index >= 15 is 0 Å². The average Bonchev–Trinajstić information content (AvgIpc) is 3.00. The monoisotopic (exact) mass is 363 g/mol. The van der Waals surface area contributed by atoms with E-state index in [4.69, 9.17) is 0 Å². The Balaban J connectivity index is 2.06. The van der Waals surface area contributed by atoms with Gasteiger partial charge in [0.15, 0.2) is 0 Å². The predicted molar refractivity (Wildman–Crippen MR) is 104 cm³/mol. The van der Waals surface area contributed by atoms with Crippen LogP contribution in [0.15, 0.2) is 53.6 Å². The quantitative estimate of drug-likeness (QED) is 0.462. The molecule has 3 aromatic carbocycles. The Bertz CT molecular complexity index is 1150. The van der Waals surface area contributed by atoms with Crippen LogP contribution in [0.3, 0.4) is 0 Å². The van der Waals surface area contributed by atoms with Crippen molar-refractivity contribution in [3.05, 3.63) is 59.7 Å². The molecule has 0 saturated carbocycles. The highest BCUT2D eigenvalue weighted by molar-refractivity contribution is 7.80. The second kappa shape index (κ2) is 6.07. The molecule has 0 spiro atoms. The van der Waals surface area contributed by atoms with Gasteiger partial charge in [-0.2, -0.15) is 0 Å². The summed E-state index contributed by atoms with van der Waals surface area (Å²) >= 11 is 4.49. The van der Waals surface area contributed by atoms with E-state index in [9.17, 15) is 10.2 Å². The highest BCUT2D eigenvalue weighted by atomic mass is 32.1. The molecule has 1 heterocycles. The van der Waals surface area contributed by atoms with Crippen molar-refractivity contribution in [3.63, 3.8) is 0 Å². The molecule has 0 atom stereocenters. The molecule has 0 aliphatic heterocycles. The van der Waals surface area contributed by atoms with Gasteiger partial charge in [0, 0.05) is 11.1 Å². The van der Waals surface area contributed by atoms with Crippen LogP contribution in [0.2, 0.25) is 0 Å². The number of hydrogen-bond donors (Lipinski definition) is 3. The zero-order chi connectivity index (χ0) is 18.4. The number of hydrogen-bond acceptors (Lipinski definition) is 5. The fourth-order valence-corrected chi connectivity index (χ4v) is 3.49. The third-order valence-electron chi connectivity index (χ3n) is 4.60. The first kappa shape index (κ1) is 16.5. The van der Waals surface area contributed by atoms with Crippen molar-refractivity contribution in [2.75, 3.05) is 0 Å². The van der Waals surface area contributed by atoms with Gasteiger partial charge in [-0.1, -0.05) is 47.7 Å². The van der Waals surface area contributed by atoms with E-state index in [1.54, 1.807) is 24.6 Å². The number of rotatable bonds is 2. The number of phenols is 2. The lowest BCUT2D eigenvalue weighted by atomic mass is 10.0. The van der Waals surface area contributed by atoms with E-state index in [2.05, 4.69) is 22.9 Å². The van der Waals surface area contributed by atoms with E-state index in [1.807, 2.05) is 42.5 Å². The zero-order valence-electron chi connectivity index (χ0n) is 14.3. The first-order valence-electron chi connectivity index (χ1n) is 8.14. The van der Waals surface area contributed by atoms with Gasteiger partial charge in [-0.3, -0.25) is 0 Å². The molecule has 0 aliphatic carbocycles. The van der Waals surface area contributed by atoms with Crippen molar-refractivity contribution in [2.24, 2.45) is 0 Å². The summed E-state index contributed by atoms with van der Waals surface area (Å²) in [6.07, 6.45) is 0. The smallest absolute Gasteiger partial charge is 0.148 e. The van der Waals surface area contributed by atoms with Gasteiger partial charge in [-0.15, -0.1) is 17.7 Å². The summed E-state index contributed by atoms with van der Waals surface area (Å²) in [7, 11) is 0. The van der Waals surface area contributed by atoms with Gasteiger partial charge in [-0.05, 0) is 36.2 Å². The summed E-state index contributed by atoms with van der Waals surface area (Å²) in [5, 5.41) is 31.5. The van der Waals surface area contributed by atoms with Crippen LogP contribution in [0.5, 0.6) is 11.5 Å². The number of fused-ring (bicyclic) bond motifs is 1. The normalized spacial score (nSPS) is 11.2. The molecule has 0 amide bonds. The second-order valence-corrected chi connectivity index (χ2v) is 6.66. The highest BCUT2D eigenvalue weighted by Crippen LogP contribution is 2.39. The summed E-state index contributed by atoms with van der Waals surface area (Å²) in [6.45, 7) is 3.46. The van der Waals surface area contributed by atoms with Crippen LogP contribution in [-0.2, 0) is 0 Å². The lowest BCUT2D eigenvalue weighted by Crippen LogP contribution is -2.04. The third-order valence-corrected chi connectivity index (χ3v) is 4.90. The number of phenolic OH excluding ortho intramolecular Hbond substituents is 2. The van der Waals surface area contributed by atoms with Crippen LogP contribution in [0.1, 0.15) is 11.1 Å². The SMILES string of the molecule is Cc1cc(O)c(C)c(O)c1-n1nnc(S)c1-c1cccc2ccccc12. The molecule has 0 radical (unpaired) electrons. The van der Waals surface area contributed by atoms with Crippen LogP contribution in [0, 0.1) is 13.8 Å². The Hall–Kier alpha value is -2.99. The number of aryl methyl sites for hydroxylation is 1. The van der Waals surface area contributed by atoms with Crippen molar-refractivity contribution in [2.45, 2.75) is 18.9 Å². The Labute approximate surface area is 155 Å². The van der Waals surface area contributed by atoms with Crippen molar-refractivity contribution in [1.29, 1.82) is 0 Å². The molecule has 0 bridgehead atoms. The summed E-state index contributed by atoms with van der Waals surface area (Å²) in [4.78, 5) is 0. The minimum atomic E-state index is -0.0257. The first-order valence-corrected chi connectivity index (χ1v) is 8.59. The van der Waals surface area contributed by atoms with Gasteiger partial charge in [0.05, 0.1) is 0 Å². The summed E-state index contributed by atoms with van der Waals surface area (Å²) < 4.78 is 1.58. The number of thiol groups is 1. The molecule has 6 heteroatoms. The van der Waals surface area contributed by atoms with Crippen molar-refractivity contribution >= 4 is 23.4 Å².